The van der Waals surface area contributed by atoms with Gasteiger partial charge in [-0.2, -0.15) is 4.31 Å². The molecule has 0 radical (unpaired) electrons. The first-order chi connectivity index (χ1) is 12.0. The number of benzene rings is 1. The predicted octanol–water partition coefficient (Wildman–Crippen LogP) is 2.40. The molecule has 0 N–H and O–H groups in total. The molecule has 0 unspecified atom stereocenters. The average molecular weight is 365 g/mol. The molecule has 25 heavy (non-hydrogen) atoms. The Kier molecular flexibility index (Phi) is 5.29. The maximum absolute atomic E-state index is 13.4. The lowest BCUT2D eigenvalue weighted by Crippen LogP contribution is -2.39. The van der Waals surface area contributed by atoms with Crippen LogP contribution in [0.3, 0.4) is 0 Å². The Bertz CT molecular complexity index is 822. The van der Waals surface area contributed by atoms with Crippen LogP contribution in [0.1, 0.15) is 18.4 Å². The Morgan fingerprint density at radius 2 is 1.92 bits per heavy atom. The van der Waals surface area contributed by atoms with E-state index in [9.17, 15) is 12.8 Å². The number of aromatic nitrogens is 2. The summed E-state index contributed by atoms with van der Waals surface area (Å²) < 4.78 is 45.8. The Morgan fingerprint density at radius 3 is 2.56 bits per heavy atom. The van der Waals surface area contributed by atoms with Gasteiger partial charge in [0.25, 0.3) is 0 Å². The van der Waals surface area contributed by atoms with Crippen molar-refractivity contribution in [2.75, 3.05) is 19.7 Å². The smallest absolute Gasteiger partial charge is 0.316 e. The Hall–Kier alpha value is -2.06. The van der Waals surface area contributed by atoms with Crippen LogP contribution in [-0.4, -0.2) is 42.4 Å². The van der Waals surface area contributed by atoms with Crippen molar-refractivity contribution in [2.24, 2.45) is 5.92 Å². The molecule has 3 rings (SSSR count). The van der Waals surface area contributed by atoms with Crippen molar-refractivity contribution in [2.45, 2.75) is 24.7 Å². The molecule has 1 fully saturated rings. The number of rotatable bonds is 5. The fraction of sp³-hybridized carbons (Fsp3) is 0.412. The highest BCUT2D eigenvalue weighted by molar-refractivity contribution is 7.89. The van der Waals surface area contributed by atoms with Crippen LogP contribution in [0, 0.1) is 18.7 Å². The van der Waals surface area contributed by atoms with Crippen molar-refractivity contribution in [3.05, 3.63) is 48.0 Å². The Balaban J connectivity index is 1.58. The summed E-state index contributed by atoms with van der Waals surface area (Å²) in [5.41, 5.74) is 0.326. The van der Waals surface area contributed by atoms with E-state index >= 15 is 0 Å². The number of ether oxygens (including phenoxy) is 1. The van der Waals surface area contributed by atoms with Crippen molar-refractivity contribution >= 4 is 10.0 Å². The lowest BCUT2D eigenvalue weighted by Gasteiger charge is -2.31. The highest BCUT2D eigenvalue weighted by Gasteiger charge is 2.30. The van der Waals surface area contributed by atoms with Crippen LogP contribution in [-0.2, 0) is 10.0 Å². The molecule has 1 aliphatic rings. The van der Waals surface area contributed by atoms with Gasteiger partial charge in [0.15, 0.2) is 0 Å². The van der Waals surface area contributed by atoms with Gasteiger partial charge in [0.1, 0.15) is 5.82 Å². The average Bonchev–Trinajstić information content (AvgIpc) is 2.63. The van der Waals surface area contributed by atoms with Crippen LogP contribution in [0.15, 0.2) is 41.6 Å². The molecule has 1 aliphatic heterocycles. The normalized spacial score (nSPS) is 16.7. The lowest BCUT2D eigenvalue weighted by molar-refractivity contribution is 0.176. The number of halogens is 1. The maximum Gasteiger partial charge on any atom is 0.316 e. The first-order valence-electron chi connectivity index (χ1n) is 8.13. The Morgan fingerprint density at radius 1 is 1.24 bits per heavy atom. The molecule has 2 heterocycles. The first-order valence-corrected chi connectivity index (χ1v) is 9.57. The molecule has 134 valence electrons. The van der Waals surface area contributed by atoms with Crippen molar-refractivity contribution in [3.63, 3.8) is 0 Å². The molecule has 8 heteroatoms. The predicted molar refractivity (Wildman–Crippen MR) is 90.1 cm³/mol. The van der Waals surface area contributed by atoms with Gasteiger partial charge in [0, 0.05) is 25.5 Å². The molecular weight excluding hydrogens is 345 g/mol. The summed E-state index contributed by atoms with van der Waals surface area (Å²) in [5.74, 6) is -0.150. The van der Waals surface area contributed by atoms with E-state index in [4.69, 9.17) is 4.74 Å². The summed E-state index contributed by atoms with van der Waals surface area (Å²) in [6, 6.07) is 5.95. The minimum Gasteiger partial charge on any atom is -0.463 e. The molecule has 0 bridgehead atoms. The molecule has 0 spiro atoms. The molecule has 1 saturated heterocycles. The second-order valence-corrected chi connectivity index (χ2v) is 8.04. The minimum absolute atomic E-state index is 0.138. The molecule has 6 nitrogen and oxygen atoms in total. The second-order valence-electron chi connectivity index (χ2n) is 6.10. The number of piperidine rings is 1. The molecule has 2 aromatic rings. The summed E-state index contributed by atoms with van der Waals surface area (Å²) >= 11 is 0. The van der Waals surface area contributed by atoms with Gasteiger partial charge in [-0.15, -0.1) is 0 Å². The number of hydrogen-bond donors (Lipinski definition) is 0. The Labute approximate surface area is 146 Å². The highest BCUT2D eigenvalue weighted by Crippen LogP contribution is 2.25. The summed E-state index contributed by atoms with van der Waals surface area (Å²) in [5, 5.41) is 0. The number of nitrogens with zero attached hydrogens (tertiary/aromatic N) is 3. The number of aryl methyl sites for hydroxylation is 1. The summed E-state index contributed by atoms with van der Waals surface area (Å²) in [6.45, 7) is 2.86. The van der Waals surface area contributed by atoms with Gasteiger partial charge < -0.3 is 4.74 Å². The van der Waals surface area contributed by atoms with Crippen molar-refractivity contribution in [3.8, 4) is 6.01 Å². The summed E-state index contributed by atoms with van der Waals surface area (Å²) in [7, 11) is -3.59. The van der Waals surface area contributed by atoms with Gasteiger partial charge in [0.05, 0.1) is 11.5 Å². The van der Waals surface area contributed by atoms with Gasteiger partial charge in [-0.05, 0) is 55.5 Å². The van der Waals surface area contributed by atoms with Gasteiger partial charge >= 0.3 is 6.01 Å². The zero-order valence-electron chi connectivity index (χ0n) is 13.9. The fourth-order valence-electron chi connectivity index (χ4n) is 2.80. The molecule has 0 aliphatic carbocycles. The van der Waals surface area contributed by atoms with Gasteiger partial charge in [-0.1, -0.05) is 0 Å². The van der Waals surface area contributed by atoms with Crippen LogP contribution < -0.4 is 4.74 Å². The lowest BCUT2D eigenvalue weighted by atomic mass is 9.99. The molecule has 1 aromatic heterocycles. The maximum atomic E-state index is 13.4. The highest BCUT2D eigenvalue weighted by atomic mass is 32.2. The zero-order chi connectivity index (χ0) is 17.9. The number of sulfonamides is 1. The van der Waals surface area contributed by atoms with Crippen molar-refractivity contribution < 1.29 is 17.5 Å². The van der Waals surface area contributed by atoms with E-state index in [0.717, 1.165) is 0 Å². The van der Waals surface area contributed by atoms with Crippen LogP contribution in [0.4, 0.5) is 4.39 Å². The van der Waals surface area contributed by atoms with E-state index in [1.54, 1.807) is 25.4 Å². The van der Waals surface area contributed by atoms with Gasteiger partial charge in [-0.25, -0.2) is 22.8 Å². The van der Waals surface area contributed by atoms with Crippen LogP contribution in [0.25, 0.3) is 0 Å². The minimum atomic E-state index is -3.59. The third-order valence-electron chi connectivity index (χ3n) is 4.33. The second kappa shape index (κ2) is 7.45. The third-order valence-corrected chi connectivity index (χ3v) is 6.23. The van der Waals surface area contributed by atoms with E-state index in [1.807, 2.05) is 0 Å². The standard InChI is InChI=1S/C17H20FN3O3S/c1-13-11-15(3-4-16(13)18)25(22,23)21-9-5-14(6-10-21)12-24-17-19-7-2-8-20-17/h2-4,7-8,11,14H,5-6,9-10,12H2,1H3. The third kappa shape index (κ3) is 4.13. The molecular formula is C17H20FN3O3S. The van der Waals surface area contributed by atoms with Crippen LogP contribution in [0.2, 0.25) is 0 Å². The molecule has 0 atom stereocenters. The quantitative estimate of drug-likeness (QED) is 0.814. The zero-order valence-corrected chi connectivity index (χ0v) is 14.7. The van der Waals surface area contributed by atoms with Gasteiger partial charge in [0.2, 0.25) is 10.0 Å². The van der Waals surface area contributed by atoms with E-state index < -0.39 is 15.8 Å². The van der Waals surface area contributed by atoms with E-state index in [0.29, 0.717) is 44.1 Å². The summed E-state index contributed by atoms with van der Waals surface area (Å²) in [6.07, 6.45) is 4.63. The van der Waals surface area contributed by atoms with E-state index in [-0.39, 0.29) is 10.8 Å². The molecule has 0 amide bonds. The van der Waals surface area contributed by atoms with Crippen LogP contribution >= 0.6 is 0 Å². The van der Waals surface area contributed by atoms with Crippen molar-refractivity contribution in [1.82, 2.24) is 14.3 Å². The topological polar surface area (TPSA) is 72.4 Å². The molecule has 0 saturated carbocycles. The van der Waals surface area contributed by atoms with Crippen molar-refractivity contribution in [1.29, 1.82) is 0 Å². The van der Waals surface area contributed by atoms with Gasteiger partial charge in [-0.3, -0.25) is 0 Å². The fourth-order valence-corrected chi connectivity index (χ4v) is 4.35. The largest absolute Gasteiger partial charge is 0.463 e. The van der Waals surface area contributed by atoms with Crippen LogP contribution in [0.5, 0.6) is 6.01 Å². The SMILES string of the molecule is Cc1cc(S(=O)(=O)N2CCC(COc3ncccn3)CC2)ccc1F. The summed E-state index contributed by atoms with van der Waals surface area (Å²) in [4.78, 5) is 8.14. The first kappa shape index (κ1) is 17.8. The van der Waals surface area contributed by atoms with E-state index in [1.165, 1.54) is 22.5 Å². The monoisotopic (exact) mass is 365 g/mol. The van der Waals surface area contributed by atoms with E-state index in [2.05, 4.69) is 9.97 Å². The molecule has 1 aromatic carbocycles. The number of hydrogen-bond acceptors (Lipinski definition) is 5.